The van der Waals surface area contributed by atoms with E-state index in [2.05, 4.69) is 10.6 Å². The van der Waals surface area contributed by atoms with Crippen molar-refractivity contribution in [3.05, 3.63) is 29.6 Å². The molecule has 1 unspecified atom stereocenters. The molecule has 0 aliphatic carbocycles. The summed E-state index contributed by atoms with van der Waals surface area (Å²) in [6, 6.07) is 5.27. The van der Waals surface area contributed by atoms with Crippen LogP contribution in [0.15, 0.2) is 18.2 Å². The molecule has 2 nitrogen and oxygen atoms in total. The van der Waals surface area contributed by atoms with Crippen LogP contribution in [0.25, 0.3) is 0 Å². The number of hydrogen-bond acceptors (Lipinski definition) is 2. The van der Waals surface area contributed by atoms with Crippen molar-refractivity contribution in [2.75, 3.05) is 25.5 Å². The lowest BCUT2D eigenvalue weighted by Gasteiger charge is -2.26. The van der Waals surface area contributed by atoms with E-state index in [0.717, 1.165) is 25.1 Å². The third kappa shape index (κ3) is 1.73. The van der Waals surface area contributed by atoms with Gasteiger partial charge in [0.05, 0.1) is 5.69 Å². The van der Waals surface area contributed by atoms with E-state index in [1.165, 1.54) is 6.07 Å². The van der Waals surface area contributed by atoms with Gasteiger partial charge in [-0.3, -0.25) is 0 Å². The fourth-order valence-corrected chi connectivity index (χ4v) is 2.00. The number of fused-ring (bicyclic) bond motifs is 1. The highest BCUT2D eigenvalue weighted by Crippen LogP contribution is 2.26. The molecule has 1 heterocycles. The first-order valence-electron chi connectivity index (χ1n) is 4.97. The zero-order chi connectivity index (χ0) is 9.97. The van der Waals surface area contributed by atoms with Crippen LogP contribution in [-0.4, -0.2) is 20.1 Å². The molecule has 3 heteroatoms. The normalized spacial score (nSPS) is 20.0. The topological polar surface area (TPSA) is 24.1 Å². The van der Waals surface area contributed by atoms with Crippen molar-refractivity contribution in [2.45, 2.75) is 6.42 Å². The fourth-order valence-electron chi connectivity index (χ4n) is 2.00. The van der Waals surface area contributed by atoms with Gasteiger partial charge in [-0.05, 0) is 37.6 Å². The number of para-hydroxylation sites is 1. The standard InChI is InChI=1S/C11H15FN2/c1-13-6-8-5-9-3-2-4-10(12)11(9)14-7-8/h2-4,8,13-14H,5-7H2,1H3. The van der Waals surface area contributed by atoms with Crippen LogP contribution in [-0.2, 0) is 6.42 Å². The predicted molar refractivity (Wildman–Crippen MR) is 56.0 cm³/mol. The molecule has 14 heavy (non-hydrogen) atoms. The smallest absolute Gasteiger partial charge is 0.146 e. The summed E-state index contributed by atoms with van der Waals surface area (Å²) in [5.74, 6) is 0.430. The van der Waals surface area contributed by atoms with Crippen LogP contribution in [0.5, 0.6) is 0 Å². The maximum absolute atomic E-state index is 13.3. The molecule has 1 aromatic carbocycles. The number of rotatable bonds is 2. The third-order valence-electron chi connectivity index (χ3n) is 2.67. The lowest BCUT2D eigenvalue weighted by atomic mass is 9.94. The van der Waals surface area contributed by atoms with Gasteiger partial charge in [0, 0.05) is 6.54 Å². The molecule has 0 saturated heterocycles. The van der Waals surface area contributed by atoms with Crippen LogP contribution in [0.1, 0.15) is 5.56 Å². The number of nitrogens with one attached hydrogen (secondary N) is 2. The average Bonchev–Trinajstić information content (AvgIpc) is 2.18. The minimum atomic E-state index is -0.134. The van der Waals surface area contributed by atoms with E-state index >= 15 is 0 Å². The second-order valence-corrected chi connectivity index (χ2v) is 3.78. The zero-order valence-corrected chi connectivity index (χ0v) is 8.31. The number of hydrogen-bond donors (Lipinski definition) is 2. The van der Waals surface area contributed by atoms with E-state index in [0.29, 0.717) is 11.6 Å². The summed E-state index contributed by atoms with van der Waals surface area (Å²) in [7, 11) is 1.95. The summed E-state index contributed by atoms with van der Waals surface area (Å²) in [5, 5.41) is 6.30. The quantitative estimate of drug-likeness (QED) is 0.747. The summed E-state index contributed by atoms with van der Waals surface area (Å²) in [6.07, 6.45) is 0.959. The highest BCUT2D eigenvalue weighted by molar-refractivity contribution is 5.54. The molecular formula is C11H15FN2. The van der Waals surface area contributed by atoms with Crippen LogP contribution >= 0.6 is 0 Å². The molecule has 2 N–H and O–H groups in total. The fraction of sp³-hybridized carbons (Fsp3) is 0.455. The van der Waals surface area contributed by atoms with Gasteiger partial charge in [-0.15, -0.1) is 0 Å². The molecule has 0 fully saturated rings. The van der Waals surface area contributed by atoms with Crippen LogP contribution in [0.2, 0.25) is 0 Å². The van der Waals surface area contributed by atoms with E-state index in [4.69, 9.17) is 0 Å². The van der Waals surface area contributed by atoms with Crippen LogP contribution in [0.4, 0.5) is 10.1 Å². The molecule has 0 spiro atoms. The van der Waals surface area contributed by atoms with Gasteiger partial charge in [-0.2, -0.15) is 0 Å². The maximum atomic E-state index is 13.3. The minimum Gasteiger partial charge on any atom is -0.382 e. The van der Waals surface area contributed by atoms with Crippen molar-refractivity contribution in [1.29, 1.82) is 0 Å². The third-order valence-corrected chi connectivity index (χ3v) is 2.67. The van der Waals surface area contributed by atoms with Gasteiger partial charge in [0.1, 0.15) is 5.82 Å². The van der Waals surface area contributed by atoms with E-state index < -0.39 is 0 Å². The minimum absolute atomic E-state index is 0.134. The van der Waals surface area contributed by atoms with Crippen molar-refractivity contribution in [2.24, 2.45) is 5.92 Å². The Labute approximate surface area is 83.5 Å². The van der Waals surface area contributed by atoms with Gasteiger partial charge in [0.2, 0.25) is 0 Å². The number of benzene rings is 1. The summed E-state index contributed by atoms with van der Waals surface area (Å²) in [4.78, 5) is 0. The molecule has 0 saturated carbocycles. The lowest BCUT2D eigenvalue weighted by Crippen LogP contribution is -2.31. The SMILES string of the molecule is CNCC1CNc2c(F)cccc2C1. The van der Waals surface area contributed by atoms with Crippen molar-refractivity contribution in [1.82, 2.24) is 5.32 Å². The number of halogens is 1. The highest BCUT2D eigenvalue weighted by atomic mass is 19.1. The van der Waals surface area contributed by atoms with Gasteiger partial charge < -0.3 is 10.6 Å². The first kappa shape index (κ1) is 9.46. The predicted octanol–water partition coefficient (Wildman–Crippen LogP) is 1.63. The molecule has 0 bridgehead atoms. The molecule has 2 rings (SSSR count). The first-order chi connectivity index (χ1) is 6.81. The lowest BCUT2D eigenvalue weighted by molar-refractivity contribution is 0.502. The maximum Gasteiger partial charge on any atom is 0.146 e. The van der Waals surface area contributed by atoms with Gasteiger partial charge >= 0.3 is 0 Å². The van der Waals surface area contributed by atoms with Crippen molar-refractivity contribution < 1.29 is 4.39 Å². The van der Waals surface area contributed by atoms with Crippen LogP contribution < -0.4 is 10.6 Å². The van der Waals surface area contributed by atoms with Crippen LogP contribution in [0.3, 0.4) is 0 Å². The molecule has 0 radical (unpaired) electrons. The molecule has 1 aliphatic rings. The second-order valence-electron chi connectivity index (χ2n) is 3.78. The molecule has 1 aromatic rings. The monoisotopic (exact) mass is 194 g/mol. The zero-order valence-electron chi connectivity index (χ0n) is 8.31. The van der Waals surface area contributed by atoms with E-state index in [1.807, 2.05) is 13.1 Å². The summed E-state index contributed by atoms with van der Waals surface area (Å²) in [6.45, 7) is 1.83. The summed E-state index contributed by atoms with van der Waals surface area (Å²) >= 11 is 0. The largest absolute Gasteiger partial charge is 0.382 e. The van der Waals surface area contributed by atoms with Crippen LogP contribution in [0, 0.1) is 11.7 Å². The Hall–Kier alpha value is -1.09. The van der Waals surface area contributed by atoms with E-state index in [1.54, 1.807) is 6.07 Å². The van der Waals surface area contributed by atoms with E-state index in [9.17, 15) is 4.39 Å². The molecule has 76 valence electrons. The molecule has 1 atom stereocenters. The van der Waals surface area contributed by atoms with Gasteiger partial charge in [0.15, 0.2) is 0 Å². The average molecular weight is 194 g/mol. The Morgan fingerprint density at radius 1 is 1.57 bits per heavy atom. The summed E-state index contributed by atoms with van der Waals surface area (Å²) < 4.78 is 13.3. The van der Waals surface area contributed by atoms with E-state index in [-0.39, 0.29) is 5.82 Å². The Kier molecular flexibility index (Phi) is 2.68. The van der Waals surface area contributed by atoms with Crippen molar-refractivity contribution in [3.63, 3.8) is 0 Å². The van der Waals surface area contributed by atoms with Gasteiger partial charge in [-0.25, -0.2) is 4.39 Å². The molecule has 0 aromatic heterocycles. The van der Waals surface area contributed by atoms with Gasteiger partial charge in [0.25, 0.3) is 0 Å². The Morgan fingerprint density at radius 3 is 3.21 bits per heavy atom. The number of anilines is 1. The first-order valence-corrected chi connectivity index (χ1v) is 4.97. The Balaban J connectivity index is 2.18. The molecule has 1 aliphatic heterocycles. The van der Waals surface area contributed by atoms with Crippen molar-refractivity contribution in [3.8, 4) is 0 Å². The summed E-state index contributed by atoms with van der Waals surface area (Å²) in [5.41, 5.74) is 1.79. The second kappa shape index (κ2) is 3.96. The Morgan fingerprint density at radius 2 is 2.43 bits per heavy atom. The Bertz CT molecular complexity index is 325. The molecular weight excluding hydrogens is 179 g/mol. The van der Waals surface area contributed by atoms with Crippen molar-refractivity contribution >= 4 is 5.69 Å². The highest BCUT2D eigenvalue weighted by Gasteiger charge is 2.19. The molecule has 0 amide bonds. The van der Waals surface area contributed by atoms with Gasteiger partial charge in [-0.1, -0.05) is 12.1 Å².